The zero-order valence-corrected chi connectivity index (χ0v) is 10.00. The average Bonchev–Trinajstić information content (AvgIpc) is 2.38. The summed E-state index contributed by atoms with van der Waals surface area (Å²) < 4.78 is 0. The number of nitrogens with zero attached hydrogens (tertiary/aromatic N) is 1. The van der Waals surface area contributed by atoms with Crippen LogP contribution < -0.4 is 0 Å². The largest absolute Gasteiger partial charge is 0.478 e. The first-order valence-electron chi connectivity index (χ1n) is 5.59. The number of carbonyl (C=O) groups is 1. The fourth-order valence-electron chi connectivity index (χ4n) is 1.52. The second-order valence-corrected chi connectivity index (χ2v) is 4.02. The Labute approximate surface area is 105 Å². The first kappa shape index (κ1) is 12.0. The third-order valence-electron chi connectivity index (χ3n) is 2.53. The van der Waals surface area contributed by atoms with Crippen molar-refractivity contribution in [2.24, 2.45) is 4.99 Å². The third kappa shape index (κ3) is 3.04. The third-order valence-corrected chi connectivity index (χ3v) is 2.53. The van der Waals surface area contributed by atoms with Crippen LogP contribution >= 0.6 is 0 Å². The summed E-state index contributed by atoms with van der Waals surface area (Å²) >= 11 is 0. The predicted octanol–water partition coefficient (Wildman–Crippen LogP) is 3.44. The second-order valence-electron chi connectivity index (χ2n) is 4.02. The maximum atomic E-state index is 10.8. The van der Waals surface area contributed by atoms with Gasteiger partial charge in [-0.3, -0.25) is 4.99 Å². The van der Waals surface area contributed by atoms with Crippen LogP contribution in [-0.2, 0) is 0 Å². The van der Waals surface area contributed by atoms with Gasteiger partial charge in [-0.05, 0) is 30.7 Å². The highest BCUT2D eigenvalue weighted by Gasteiger charge is 2.01. The molecule has 0 aliphatic heterocycles. The van der Waals surface area contributed by atoms with Crippen LogP contribution in [0.3, 0.4) is 0 Å². The monoisotopic (exact) mass is 239 g/mol. The summed E-state index contributed by atoms with van der Waals surface area (Å²) in [6.45, 7) is 2.03. The molecule has 0 amide bonds. The van der Waals surface area contributed by atoms with Crippen molar-refractivity contribution in [2.75, 3.05) is 0 Å². The molecule has 1 N–H and O–H groups in total. The summed E-state index contributed by atoms with van der Waals surface area (Å²) in [6, 6.07) is 14.5. The van der Waals surface area contributed by atoms with Crippen molar-refractivity contribution >= 4 is 17.9 Å². The predicted molar refractivity (Wildman–Crippen MR) is 71.8 cm³/mol. The molecule has 2 rings (SSSR count). The number of benzene rings is 2. The molecule has 2 aromatic carbocycles. The lowest BCUT2D eigenvalue weighted by molar-refractivity contribution is 0.0697. The molecule has 0 bridgehead atoms. The molecule has 90 valence electrons. The van der Waals surface area contributed by atoms with E-state index in [9.17, 15) is 4.79 Å². The van der Waals surface area contributed by atoms with E-state index < -0.39 is 5.97 Å². The van der Waals surface area contributed by atoms with E-state index in [2.05, 4.69) is 4.99 Å². The Morgan fingerprint density at radius 1 is 1.17 bits per heavy atom. The van der Waals surface area contributed by atoms with E-state index in [1.807, 2.05) is 31.2 Å². The van der Waals surface area contributed by atoms with Gasteiger partial charge in [-0.25, -0.2) is 4.79 Å². The highest BCUT2D eigenvalue weighted by atomic mass is 16.4. The Bertz CT molecular complexity index is 586. The molecule has 0 heterocycles. The SMILES string of the molecule is Cc1ccc(C=Nc2cccc(C(=O)O)c2)cc1. The zero-order valence-electron chi connectivity index (χ0n) is 10.00. The molecular formula is C15H13NO2. The summed E-state index contributed by atoms with van der Waals surface area (Å²) in [6.07, 6.45) is 1.72. The smallest absolute Gasteiger partial charge is 0.335 e. The van der Waals surface area contributed by atoms with E-state index >= 15 is 0 Å². The lowest BCUT2D eigenvalue weighted by Gasteiger charge is -1.97. The van der Waals surface area contributed by atoms with Crippen LogP contribution in [0.2, 0.25) is 0 Å². The van der Waals surface area contributed by atoms with Crippen LogP contribution in [0.15, 0.2) is 53.5 Å². The van der Waals surface area contributed by atoms with E-state index in [-0.39, 0.29) is 5.56 Å². The maximum absolute atomic E-state index is 10.8. The maximum Gasteiger partial charge on any atom is 0.335 e. The Morgan fingerprint density at radius 2 is 1.89 bits per heavy atom. The number of hydrogen-bond donors (Lipinski definition) is 1. The van der Waals surface area contributed by atoms with Crippen molar-refractivity contribution in [3.8, 4) is 0 Å². The molecule has 3 heteroatoms. The van der Waals surface area contributed by atoms with E-state index in [0.29, 0.717) is 5.69 Å². The molecule has 0 aliphatic carbocycles. The van der Waals surface area contributed by atoms with Gasteiger partial charge in [0.15, 0.2) is 0 Å². The Morgan fingerprint density at radius 3 is 2.56 bits per heavy atom. The highest BCUT2D eigenvalue weighted by Crippen LogP contribution is 2.14. The van der Waals surface area contributed by atoms with Crippen LogP contribution in [0.4, 0.5) is 5.69 Å². The van der Waals surface area contributed by atoms with Gasteiger partial charge in [0.25, 0.3) is 0 Å². The van der Waals surface area contributed by atoms with Gasteiger partial charge >= 0.3 is 5.97 Å². The fourth-order valence-corrected chi connectivity index (χ4v) is 1.52. The molecule has 0 saturated heterocycles. The van der Waals surface area contributed by atoms with E-state index in [1.165, 1.54) is 5.56 Å². The summed E-state index contributed by atoms with van der Waals surface area (Å²) in [5, 5.41) is 8.87. The summed E-state index contributed by atoms with van der Waals surface area (Å²) in [7, 11) is 0. The van der Waals surface area contributed by atoms with Crippen molar-refractivity contribution in [3.63, 3.8) is 0 Å². The molecular weight excluding hydrogens is 226 g/mol. The molecule has 3 nitrogen and oxygen atoms in total. The van der Waals surface area contributed by atoms with E-state index in [0.717, 1.165) is 5.56 Å². The number of aryl methyl sites for hydroxylation is 1. The quantitative estimate of drug-likeness (QED) is 0.834. The molecule has 0 radical (unpaired) electrons. The topological polar surface area (TPSA) is 49.7 Å². The van der Waals surface area contributed by atoms with Gasteiger partial charge in [-0.15, -0.1) is 0 Å². The van der Waals surface area contributed by atoms with Crippen molar-refractivity contribution in [1.29, 1.82) is 0 Å². The number of aliphatic imine (C=N–C) groups is 1. The molecule has 0 aliphatic rings. The van der Waals surface area contributed by atoms with Crippen molar-refractivity contribution < 1.29 is 9.90 Å². The molecule has 2 aromatic rings. The average molecular weight is 239 g/mol. The van der Waals surface area contributed by atoms with Crippen LogP contribution in [0.5, 0.6) is 0 Å². The van der Waals surface area contributed by atoms with Gasteiger partial charge in [-0.1, -0.05) is 35.9 Å². The second kappa shape index (κ2) is 5.27. The molecule has 0 aromatic heterocycles. The summed E-state index contributed by atoms with van der Waals surface area (Å²) in [4.78, 5) is 15.1. The molecule has 0 fully saturated rings. The van der Waals surface area contributed by atoms with Crippen molar-refractivity contribution in [3.05, 3.63) is 65.2 Å². The highest BCUT2D eigenvalue weighted by molar-refractivity contribution is 5.89. The Balaban J connectivity index is 2.20. The minimum Gasteiger partial charge on any atom is -0.478 e. The van der Waals surface area contributed by atoms with Gasteiger partial charge in [0, 0.05) is 6.21 Å². The van der Waals surface area contributed by atoms with Crippen LogP contribution in [0, 0.1) is 6.92 Å². The molecule has 18 heavy (non-hydrogen) atoms. The molecule has 0 unspecified atom stereocenters. The Hall–Kier alpha value is -2.42. The number of carboxylic acids is 1. The summed E-state index contributed by atoms with van der Waals surface area (Å²) in [5.74, 6) is -0.942. The van der Waals surface area contributed by atoms with Gasteiger partial charge in [0.2, 0.25) is 0 Å². The van der Waals surface area contributed by atoms with Crippen molar-refractivity contribution in [1.82, 2.24) is 0 Å². The van der Waals surface area contributed by atoms with Gasteiger partial charge in [0.05, 0.1) is 11.3 Å². The molecule has 0 saturated carbocycles. The van der Waals surface area contributed by atoms with Gasteiger partial charge in [-0.2, -0.15) is 0 Å². The Kier molecular flexibility index (Phi) is 3.53. The van der Waals surface area contributed by atoms with Gasteiger partial charge < -0.3 is 5.11 Å². The van der Waals surface area contributed by atoms with E-state index in [4.69, 9.17) is 5.11 Å². The van der Waals surface area contributed by atoms with Crippen LogP contribution in [0.1, 0.15) is 21.5 Å². The first-order valence-corrected chi connectivity index (χ1v) is 5.59. The standard InChI is InChI=1S/C15H13NO2/c1-11-5-7-12(8-6-11)10-16-14-4-2-3-13(9-14)15(17)18/h2-10H,1H3,(H,17,18). The minimum absolute atomic E-state index is 0.244. The molecule has 0 spiro atoms. The zero-order chi connectivity index (χ0) is 13.0. The minimum atomic E-state index is -0.942. The first-order chi connectivity index (χ1) is 8.65. The normalized spacial score (nSPS) is 10.7. The van der Waals surface area contributed by atoms with Crippen LogP contribution in [-0.4, -0.2) is 17.3 Å². The number of rotatable bonds is 3. The number of aromatic carboxylic acids is 1. The lowest BCUT2D eigenvalue weighted by atomic mass is 10.2. The van der Waals surface area contributed by atoms with Crippen LogP contribution in [0.25, 0.3) is 0 Å². The van der Waals surface area contributed by atoms with Crippen molar-refractivity contribution in [2.45, 2.75) is 6.92 Å². The number of hydrogen-bond acceptors (Lipinski definition) is 2. The lowest BCUT2D eigenvalue weighted by Crippen LogP contribution is -1.94. The number of carboxylic acid groups (broad SMARTS) is 1. The molecule has 0 atom stereocenters. The fraction of sp³-hybridized carbons (Fsp3) is 0.0667. The summed E-state index contributed by atoms with van der Waals surface area (Å²) in [5.41, 5.74) is 3.06. The van der Waals surface area contributed by atoms with Gasteiger partial charge in [0.1, 0.15) is 0 Å². The van der Waals surface area contributed by atoms with E-state index in [1.54, 1.807) is 30.5 Å².